The molecule has 0 aliphatic carbocycles. The fraction of sp³-hybridized carbons (Fsp3) is 0.308. The summed E-state index contributed by atoms with van der Waals surface area (Å²) in [5.41, 5.74) is 0.862. The second-order valence-corrected chi connectivity index (χ2v) is 4.89. The third kappa shape index (κ3) is 3.30. The van der Waals surface area contributed by atoms with E-state index in [1.807, 2.05) is 28.8 Å². The molecule has 106 valence electrons. The molecule has 0 bridgehead atoms. The first kappa shape index (κ1) is 14.4. The Morgan fingerprint density at radius 3 is 2.90 bits per heavy atom. The van der Waals surface area contributed by atoms with E-state index in [4.69, 9.17) is 4.74 Å². The summed E-state index contributed by atoms with van der Waals surface area (Å²) in [6.45, 7) is 0. The molecule has 2 aromatic rings. The number of nitrogens with zero attached hydrogens (tertiary/aromatic N) is 3. The molecule has 0 amide bonds. The third-order valence-electron chi connectivity index (χ3n) is 2.63. The third-order valence-corrected chi connectivity index (χ3v) is 3.57. The van der Waals surface area contributed by atoms with E-state index in [2.05, 4.69) is 14.9 Å². The number of aromatic nitrogens is 3. The second-order valence-electron chi connectivity index (χ2n) is 3.83. The monoisotopic (exact) mass is 293 g/mol. The average Bonchev–Trinajstić information content (AvgIpc) is 2.95. The van der Waals surface area contributed by atoms with Gasteiger partial charge in [-0.3, -0.25) is 9.36 Å². The molecule has 7 heteroatoms. The Kier molecular flexibility index (Phi) is 5.00. The van der Waals surface area contributed by atoms with Crippen molar-refractivity contribution in [3.63, 3.8) is 0 Å². The van der Waals surface area contributed by atoms with Crippen molar-refractivity contribution in [2.45, 2.75) is 11.6 Å². The van der Waals surface area contributed by atoms with E-state index < -0.39 is 0 Å². The number of carbonyl (C=O) groups excluding carboxylic acids is 1. The van der Waals surface area contributed by atoms with Crippen LogP contribution in [-0.2, 0) is 9.53 Å². The quantitative estimate of drug-likeness (QED) is 0.599. The normalized spacial score (nSPS) is 10.3. The predicted molar refractivity (Wildman–Crippen MR) is 75.3 cm³/mol. The first-order valence-corrected chi connectivity index (χ1v) is 6.98. The van der Waals surface area contributed by atoms with E-state index in [1.165, 1.54) is 18.9 Å². The van der Waals surface area contributed by atoms with E-state index in [0.29, 0.717) is 17.3 Å². The Morgan fingerprint density at radius 1 is 1.35 bits per heavy atom. The number of carbonyl (C=O) groups is 1. The van der Waals surface area contributed by atoms with Crippen LogP contribution in [0.1, 0.15) is 6.42 Å². The molecular formula is C13H15N3O3S. The summed E-state index contributed by atoms with van der Waals surface area (Å²) in [4.78, 5) is 11.1. The largest absolute Gasteiger partial charge is 0.495 e. The van der Waals surface area contributed by atoms with Crippen molar-refractivity contribution >= 4 is 17.7 Å². The van der Waals surface area contributed by atoms with E-state index in [0.717, 1.165) is 11.4 Å². The fourth-order valence-electron chi connectivity index (χ4n) is 1.64. The van der Waals surface area contributed by atoms with Gasteiger partial charge < -0.3 is 9.47 Å². The Morgan fingerprint density at radius 2 is 2.15 bits per heavy atom. The number of ether oxygens (including phenoxy) is 2. The average molecular weight is 293 g/mol. The SMILES string of the molecule is COC(=O)CCSc1nncn1-c1ccccc1OC. The summed E-state index contributed by atoms with van der Waals surface area (Å²) in [6, 6.07) is 7.61. The molecule has 6 nitrogen and oxygen atoms in total. The van der Waals surface area contributed by atoms with Gasteiger partial charge in [0.25, 0.3) is 0 Å². The molecule has 20 heavy (non-hydrogen) atoms. The molecule has 0 saturated carbocycles. The molecule has 0 saturated heterocycles. The van der Waals surface area contributed by atoms with Crippen LogP contribution in [0.2, 0.25) is 0 Å². The maximum Gasteiger partial charge on any atom is 0.306 e. The summed E-state index contributed by atoms with van der Waals surface area (Å²) >= 11 is 1.44. The summed E-state index contributed by atoms with van der Waals surface area (Å²) in [5.74, 6) is 1.09. The van der Waals surface area contributed by atoms with Gasteiger partial charge in [-0.25, -0.2) is 0 Å². The molecule has 0 aliphatic heterocycles. The minimum absolute atomic E-state index is 0.235. The van der Waals surface area contributed by atoms with Crippen LogP contribution in [0.5, 0.6) is 5.75 Å². The maximum atomic E-state index is 11.1. The summed E-state index contributed by atoms with van der Waals surface area (Å²) in [7, 11) is 3.00. The lowest BCUT2D eigenvalue weighted by molar-refractivity contribution is -0.140. The number of benzene rings is 1. The van der Waals surface area contributed by atoms with Crippen LogP contribution in [0.4, 0.5) is 0 Å². The Hall–Kier alpha value is -2.02. The molecule has 1 heterocycles. The summed E-state index contributed by atoms with van der Waals surface area (Å²) in [5, 5.41) is 8.68. The number of hydrogen-bond acceptors (Lipinski definition) is 6. The molecule has 2 rings (SSSR count). The van der Waals surface area contributed by atoms with Crippen LogP contribution in [0.3, 0.4) is 0 Å². The van der Waals surface area contributed by atoms with Crippen LogP contribution in [0.15, 0.2) is 35.7 Å². The van der Waals surface area contributed by atoms with E-state index >= 15 is 0 Å². The highest BCUT2D eigenvalue weighted by atomic mass is 32.2. The number of esters is 1. The first-order valence-electron chi connectivity index (χ1n) is 5.99. The van der Waals surface area contributed by atoms with Crippen molar-refractivity contribution in [3.05, 3.63) is 30.6 Å². The van der Waals surface area contributed by atoms with Crippen molar-refractivity contribution in [2.75, 3.05) is 20.0 Å². The predicted octanol–water partition coefficient (Wildman–Crippen LogP) is 1.93. The standard InChI is InChI=1S/C13H15N3O3S/c1-18-11-6-4-3-5-10(11)16-9-14-15-13(16)20-8-7-12(17)19-2/h3-6,9H,7-8H2,1-2H3. The number of thioether (sulfide) groups is 1. The maximum absolute atomic E-state index is 11.1. The van der Waals surface area contributed by atoms with Gasteiger partial charge in [-0.05, 0) is 12.1 Å². The number of hydrogen-bond donors (Lipinski definition) is 0. The second kappa shape index (κ2) is 6.95. The van der Waals surface area contributed by atoms with Crippen molar-refractivity contribution in [2.24, 2.45) is 0 Å². The fourth-order valence-corrected chi connectivity index (χ4v) is 2.49. The molecule has 0 spiro atoms. The van der Waals surface area contributed by atoms with Gasteiger partial charge in [0.1, 0.15) is 12.1 Å². The molecule has 0 fully saturated rings. The lowest BCUT2D eigenvalue weighted by Crippen LogP contribution is -2.03. The molecule has 0 unspecified atom stereocenters. The number of methoxy groups -OCH3 is 2. The molecule has 0 atom stereocenters. The summed E-state index contributed by atoms with van der Waals surface area (Å²) < 4.78 is 11.8. The molecule has 0 radical (unpaired) electrons. The van der Waals surface area contributed by atoms with Crippen LogP contribution in [-0.4, -0.2) is 40.7 Å². The van der Waals surface area contributed by atoms with Crippen molar-refractivity contribution in [1.82, 2.24) is 14.8 Å². The van der Waals surface area contributed by atoms with Crippen LogP contribution >= 0.6 is 11.8 Å². The summed E-state index contributed by atoms with van der Waals surface area (Å²) in [6.07, 6.45) is 1.96. The molecule has 1 aromatic heterocycles. The van der Waals surface area contributed by atoms with Gasteiger partial charge in [-0.15, -0.1) is 10.2 Å². The zero-order valence-electron chi connectivity index (χ0n) is 11.3. The van der Waals surface area contributed by atoms with Crippen LogP contribution in [0, 0.1) is 0 Å². The van der Waals surface area contributed by atoms with Crippen molar-refractivity contribution in [1.29, 1.82) is 0 Å². The number of para-hydroxylation sites is 2. The van der Waals surface area contributed by atoms with Crippen molar-refractivity contribution in [3.8, 4) is 11.4 Å². The Balaban J connectivity index is 2.14. The van der Waals surface area contributed by atoms with E-state index in [-0.39, 0.29) is 5.97 Å². The zero-order valence-corrected chi connectivity index (χ0v) is 12.1. The molecule has 0 aliphatic rings. The molecule has 1 aromatic carbocycles. The number of rotatable bonds is 6. The highest BCUT2D eigenvalue weighted by Gasteiger charge is 2.11. The van der Waals surface area contributed by atoms with Gasteiger partial charge >= 0.3 is 5.97 Å². The Labute approximate surface area is 121 Å². The van der Waals surface area contributed by atoms with Gasteiger partial charge in [-0.2, -0.15) is 0 Å². The van der Waals surface area contributed by atoms with E-state index in [1.54, 1.807) is 13.4 Å². The highest BCUT2D eigenvalue weighted by Crippen LogP contribution is 2.26. The minimum atomic E-state index is -0.235. The molecular weight excluding hydrogens is 278 g/mol. The molecule has 0 N–H and O–H groups in total. The minimum Gasteiger partial charge on any atom is -0.495 e. The lowest BCUT2D eigenvalue weighted by atomic mass is 10.3. The van der Waals surface area contributed by atoms with Gasteiger partial charge in [0.2, 0.25) is 0 Å². The van der Waals surface area contributed by atoms with Gasteiger partial charge in [0.15, 0.2) is 5.16 Å². The smallest absolute Gasteiger partial charge is 0.306 e. The van der Waals surface area contributed by atoms with Gasteiger partial charge in [0, 0.05) is 5.75 Å². The van der Waals surface area contributed by atoms with Crippen molar-refractivity contribution < 1.29 is 14.3 Å². The first-order chi connectivity index (χ1) is 9.76. The Bertz CT molecular complexity index is 586. The highest BCUT2D eigenvalue weighted by molar-refractivity contribution is 7.99. The van der Waals surface area contributed by atoms with Gasteiger partial charge in [-0.1, -0.05) is 23.9 Å². The van der Waals surface area contributed by atoms with Crippen LogP contribution < -0.4 is 4.74 Å². The zero-order chi connectivity index (χ0) is 14.4. The lowest BCUT2D eigenvalue weighted by Gasteiger charge is -2.10. The van der Waals surface area contributed by atoms with Crippen LogP contribution in [0.25, 0.3) is 5.69 Å². The topological polar surface area (TPSA) is 66.2 Å². The van der Waals surface area contributed by atoms with Gasteiger partial charge in [0.05, 0.1) is 26.3 Å². The van der Waals surface area contributed by atoms with E-state index in [9.17, 15) is 4.79 Å².